The third-order valence-corrected chi connectivity index (χ3v) is 4.08. The molecule has 3 aromatic rings. The highest BCUT2D eigenvalue weighted by molar-refractivity contribution is 6.31. The first kappa shape index (κ1) is 16.7. The van der Waals surface area contributed by atoms with E-state index in [0.29, 0.717) is 16.7 Å². The zero-order valence-electron chi connectivity index (χ0n) is 13.2. The van der Waals surface area contributed by atoms with Crippen molar-refractivity contribution in [1.29, 1.82) is 0 Å². The Morgan fingerprint density at radius 1 is 0.667 bits per heavy atom. The van der Waals surface area contributed by atoms with Gasteiger partial charge in [0.2, 0.25) is 0 Å². The van der Waals surface area contributed by atoms with E-state index in [2.05, 4.69) is 4.90 Å². The van der Waals surface area contributed by atoms with Crippen LogP contribution in [0, 0.1) is 0 Å². The van der Waals surface area contributed by atoms with Gasteiger partial charge in [0.05, 0.1) is 6.61 Å². The number of halogens is 2. The molecule has 0 saturated heterocycles. The Morgan fingerprint density at radius 2 is 1.04 bits per heavy atom. The summed E-state index contributed by atoms with van der Waals surface area (Å²) in [6.07, 6.45) is 0. The van der Waals surface area contributed by atoms with Gasteiger partial charge in [0.25, 0.3) is 0 Å². The molecular weight excluding hydrogens is 341 g/mol. The van der Waals surface area contributed by atoms with Crippen molar-refractivity contribution >= 4 is 40.3 Å². The van der Waals surface area contributed by atoms with Gasteiger partial charge in [-0.15, -0.1) is 0 Å². The van der Waals surface area contributed by atoms with Gasteiger partial charge in [-0.1, -0.05) is 23.2 Å². The maximum Gasteiger partial charge on any atom is 0.119 e. The van der Waals surface area contributed by atoms with Gasteiger partial charge >= 0.3 is 0 Å². The predicted molar refractivity (Wildman–Crippen MR) is 102 cm³/mol. The molecule has 0 bridgehead atoms. The van der Waals surface area contributed by atoms with E-state index in [1.807, 2.05) is 79.7 Å². The molecular formula is C20H17Cl2NO. The number of hydrogen-bond donors (Lipinski definition) is 0. The first-order valence-corrected chi connectivity index (χ1v) is 8.47. The van der Waals surface area contributed by atoms with Gasteiger partial charge in [-0.2, -0.15) is 0 Å². The van der Waals surface area contributed by atoms with Crippen molar-refractivity contribution in [3.63, 3.8) is 0 Å². The summed E-state index contributed by atoms with van der Waals surface area (Å²) in [4.78, 5) is 2.14. The Balaban J connectivity index is 2.04. The van der Waals surface area contributed by atoms with Gasteiger partial charge in [0, 0.05) is 27.1 Å². The average molecular weight is 358 g/mol. The molecule has 0 aromatic heterocycles. The van der Waals surface area contributed by atoms with Gasteiger partial charge in [-0.3, -0.25) is 0 Å². The molecule has 0 aliphatic heterocycles. The molecule has 4 heteroatoms. The Labute approximate surface area is 152 Å². The second-order valence-corrected chi connectivity index (χ2v) is 6.09. The first-order chi connectivity index (χ1) is 11.7. The molecule has 0 atom stereocenters. The minimum Gasteiger partial charge on any atom is -0.494 e. The van der Waals surface area contributed by atoms with E-state index in [9.17, 15) is 0 Å². The van der Waals surface area contributed by atoms with Crippen LogP contribution in [0.4, 0.5) is 17.1 Å². The molecule has 0 fully saturated rings. The summed E-state index contributed by atoms with van der Waals surface area (Å²) in [7, 11) is 0. The minimum atomic E-state index is 0.650. The highest BCUT2D eigenvalue weighted by Gasteiger charge is 2.12. The summed E-state index contributed by atoms with van der Waals surface area (Å²) in [5.41, 5.74) is 3.07. The number of anilines is 3. The molecule has 3 rings (SSSR count). The van der Waals surface area contributed by atoms with Gasteiger partial charge in [-0.25, -0.2) is 0 Å². The lowest BCUT2D eigenvalue weighted by molar-refractivity contribution is 0.340. The summed E-state index contributed by atoms with van der Waals surface area (Å²) in [6, 6.07) is 23.5. The monoisotopic (exact) mass is 357 g/mol. The van der Waals surface area contributed by atoms with Crippen LogP contribution >= 0.6 is 23.2 Å². The molecule has 0 spiro atoms. The molecule has 2 nitrogen and oxygen atoms in total. The maximum absolute atomic E-state index is 6.03. The van der Waals surface area contributed by atoms with E-state index in [1.165, 1.54) is 0 Å². The molecule has 0 aliphatic carbocycles. The Kier molecular flexibility index (Phi) is 5.29. The summed E-state index contributed by atoms with van der Waals surface area (Å²) >= 11 is 12.1. The smallest absolute Gasteiger partial charge is 0.119 e. The molecule has 0 radical (unpaired) electrons. The quantitative estimate of drug-likeness (QED) is 0.494. The lowest BCUT2D eigenvalue weighted by atomic mass is 10.2. The first-order valence-electron chi connectivity index (χ1n) is 7.71. The van der Waals surface area contributed by atoms with Crippen molar-refractivity contribution in [3.8, 4) is 5.75 Å². The van der Waals surface area contributed by atoms with E-state index >= 15 is 0 Å². The van der Waals surface area contributed by atoms with E-state index < -0.39 is 0 Å². The Morgan fingerprint density at radius 3 is 1.42 bits per heavy atom. The van der Waals surface area contributed by atoms with Crippen LogP contribution in [0.5, 0.6) is 5.75 Å². The molecule has 3 aromatic carbocycles. The van der Waals surface area contributed by atoms with Gasteiger partial charge in [0.1, 0.15) is 5.75 Å². The summed E-state index contributed by atoms with van der Waals surface area (Å²) in [5.74, 6) is 0.855. The second kappa shape index (κ2) is 7.61. The number of rotatable bonds is 5. The van der Waals surface area contributed by atoms with E-state index in [-0.39, 0.29) is 0 Å². The number of hydrogen-bond acceptors (Lipinski definition) is 2. The van der Waals surface area contributed by atoms with Crippen molar-refractivity contribution in [2.75, 3.05) is 11.5 Å². The van der Waals surface area contributed by atoms with Crippen LogP contribution in [-0.2, 0) is 0 Å². The van der Waals surface area contributed by atoms with Crippen molar-refractivity contribution in [1.82, 2.24) is 0 Å². The number of benzene rings is 3. The predicted octanol–water partition coefficient (Wildman–Crippen LogP) is 6.86. The molecule has 122 valence electrons. The van der Waals surface area contributed by atoms with Crippen molar-refractivity contribution in [3.05, 3.63) is 82.8 Å². The fourth-order valence-electron chi connectivity index (χ4n) is 2.49. The molecule has 0 saturated carbocycles. The fourth-order valence-corrected chi connectivity index (χ4v) is 2.74. The SMILES string of the molecule is CCOc1ccc(N(c2ccc(Cl)cc2)c2ccc(Cl)cc2)cc1. The van der Waals surface area contributed by atoms with E-state index in [4.69, 9.17) is 27.9 Å². The zero-order chi connectivity index (χ0) is 16.9. The maximum atomic E-state index is 6.03. The molecule has 0 heterocycles. The van der Waals surface area contributed by atoms with Crippen LogP contribution in [0.3, 0.4) is 0 Å². The van der Waals surface area contributed by atoms with Crippen LogP contribution in [0.15, 0.2) is 72.8 Å². The highest BCUT2D eigenvalue weighted by atomic mass is 35.5. The third-order valence-electron chi connectivity index (χ3n) is 3.58. The van der Waals surface area contributed by atoms with E-state index in [1.54, 1.807) is 0 Å². The molecule has 24 heavy (non-hydrogen) atoms. The van der Waals surface area contributed by atoms with Crippen molar-refractivity contribution in [2.45, 2.75) is 6.92 Å². The lowest BCUT2D eigenvalue weighted by Crippen LogP contribution is -2.09. The minimum absolute atomic E-state index is 0.650. The number of nitrogens with zero attached hydrogens (tertiary/aromatic N) is 1. The van der Waals surface area contributed by atoms with Gasteiger partial charge < -0.3 is 9.64 Å². The summed E-state index contributed by atoms with van der Waals surface area (Å²) in [5, 5.41) is 1.42. The fraction of sp³-hybridized carbons (Fsp3) is 0.100. The largest absolute Gasteiger partial charge is 0.494 e. The van der Waals surface area contributed by atoms with Crippen LogP contribution in [0.1, 0.15) is 6.92 Å². The zero-order valence-corrected chi connectivity index (χ0v) is 14.8. The second-order valence-electron chi connectivity index (χ2n) is 5.22. The van der Waals surface area contributed by atoms with Crippen molar-refractivity contribution < 1.29 is 4.74 Å². The Bertz CT molecular complexity index is 738. The van der Waals surface area contributed by atoms with Crippen LogP contribution in [0.25, 0.3) is 0 Å². The third kappa shape index (κ3) is 3.84. The van der Waals surface area contributed by atoms with E-state index in [0.717, 1.165) is 22.8 Å². The van der Waals surface area contributed by atoms with Gasteiger partial charge in [-0.05, 0) is 79.7 Å². The standard InChI is InChI=1S/C20H17Cl2NO/c1-2-24-20-13-11-19(12-14-20)23(17-7-3-15(21)4-8-17)18-9-5-16(22)6-10-18/h3-14H,2H2,1H3. The van der Waals surface area contributed by atoms with Crippen molar-refractivity contribution in [2.24, 2.45) is 0 Å². The normalized spacial score (nSPS) is 10.5. The van der Waals surface area contributed by atoms with Crippen LogP contribution < -0.4 is 9.64 Å². The lowest BCUT2D eigenvalue weighted by Gasteiger charge is -2.25. The topological polar surface area (TPSA) is 12.5 Å². The van der Waals surface area contributed by atoms with Crippen LogP contribution in [0.2, 0.25) is 10.0 Å². The molecule has 0 amide bonds. The summed E-state index contributed by atoms with van der Waals surface area (Å²) in [6.45, 7) is 2.62. The Hall–Kier alpha value is -2.16. The molecule has 0 unspecified atom stereocenters. The average Bonchev–Trinajstić information content (AvgIpc) is 2.60. The molecule has 0 N–H and O–H groups in total. The van der Waals surface area contributed by atoms with Crippen LogP contribution in [-0.4, -0.2) is 6.61 Å². The highest BCUT2D eigenvalue weighted by Crippen LogP contribution is 2.36. The molecule has 0 aliphatic rings. The number of ether oxygens (including phenoxy) is 1. The van der Waals surface area contributed by atoms with Gasteiger partial charge in [0.15, 0.2) is 0 Å². The summed E-state index contributed by atoms with van der Waals surface area (Å²) < 4.78 is 5.53.